The lowest BCUT2D eigenvalue weighted by Crippen LogP contribution is -2.29. The van der Waals surface area contributed by atoms with Crippen molar-refractivity contribution in [3.8, 4) is 0 Å². The van der Waals surface area contributed by atoms with Gasteiger partial charge in [-0.3, -0.25) is 4.99 Å². The second-order valence-electron chi connectivity index (χ2n) is 5.24. The maximum atomic E-state index is 13.2. The fraction of sp³-hybridized carbons (Fsp3) is 0.500. The summed E-state index contributed by atoms with van der Waals surface area (Å²) < 4.78 is 13.2. The largest absolute Gasteiger partial charge is 0.334 e. The summed E-state index contributed by atoms with van der Waals surface area (Å²) in [5.41, 5.74) is 0.714. The van der Waals surface area contributed by atoms with E-state index in [9.17, 15) is 4.39 Å². The second kappa shape index (κ2) is 5.33. The van der Waals surface area contributed by atoms with Gasteiger partial charge in [0.05, 0.1) is 16.2 Å². The van der Waals surface area contributed by atoms with Crippen molar-refractivity contribution in [3.05, 3.63) is 29.0 Å². The summed E-state index contributed by atoms with van der Waals surface area (Å²) in [6.07, 6.45) is 6.18. The van der Waals surface area contributed by atoms with Crippen molar-refractivity contribution in [2.24, 2.45) is 4.99 Å². The average molecular weight is 299 g/mol. The third-order valence-electron chi connectivity index (χ3n) is 3.77. The molecule has 0 aromatic heterocycles. The molecule has 102 valence electrons. The highest BCUT2D eigenvalue weighted by molar-refractivity contribution is 8.14. The summed E-state index contributed by atoms with van der Waals surface area (Å²) in [4.78, 5) is 4.83. The molecule has 0 atom stereocenters. The minimum absolute atomic E-state index is 0.116. The molecule has 1 aliphatic heterocycles. The van der Waals surface area contributed by atoms with Gasteiger partial charge < -0.3 is 5.32 Å². The fourth-order valence-electron chi connectivity index (χ4n) is 2.72. The van der Waals surface area contributed by atoms with Crippen molar-refractivity contribution in [1.29, 1.82) is 0 Å². The minimum atomic E-state index is -0.289. The Morgan fingerprint density at radius 3 is 2.84 bits per heavy atom. The maximum Gasteiger partial charge on any atom is 0.161 e. The topological polar surface area (TPSA) is 24.4 Å². The molecule has 2 aliphatic rings. The highest BCUT2D eigenvalue weighted by atomic mass is 35.5. The smallest absolute Gasteiger partial charge is 0.161 e. The summed E-state index contributed by atoms with van der Waals surface area (Å²) in [6, 6.07) is 4.34. The molecule has 0 saturated heterocycles. The number of nitrogens with one attached hydrogen (secondary N) is 1. The molecule has 1 spiro atoms. The predicted octanol–water partition coefficient (Wildman–Crippen LogP) is 4.70. The predicted molar refractivity (Wildman–Crippen MR) is 80.7 cm³/mol. The average Bonchev–Trinajstić information content (AvgIpc) is 2.78. The van der Waals surface area contributed by atoms with Crippen molar-refractivity contribution in [1.82, 2.24) is 0 Å². The van der Waals surface area contributed by atoms with Crippen molar-refractivity contribution in [2.75, 3.05) is 11.1 Å². The van der Waals surface area contributed by atoms with Gasteiger partial charge >= 0.3 is 0 Å². The Morgan fingerprint density at radius 1 is 1.26 bits per heavy atom. The van der Waals surface area contributed by atoms with Crippen molar-refractivity contribution in [2.45, 2.75) is 37.6 Å². The molecular formula is C14H16ClFN2S. The first-order valence-corrected chi connectivity index (χ1v) is 7.98. The van der Waals surface area contributed by atoms with E-state index in [2.05, 4.69) is 5.32 Å². The monoisotopic (exact) mass is 298 g/mol. The number of thioether (sulfide) groups is 1. The Labute approximate surface area is 121 Å². The van der Waals surface area contributed by atoms with Gasteiger partial charge in [0.25, 0.3) is 0 Å². The third-order valence-corrected chi connectivity index (χ3v) is 5.25. The first-order valence-electron chi connectivity index (χ1n) is 6.62. The molecule has 1 aliphatic carbocycles. The molecule has 1 aromatic rings. The van der Waals surface area contributed by atoms with Crippen LogP contribution in [0, 0.1) is 5.82 Å². The zero-order valence-electron chi connectivity index (χ0n) is 10.6. The van der Waals surface area contributed by atoms with E-state index < -0.39 is 0 Å². The summed E-state index contributed by atoms with van der Waals surface area (Å²) in [6.45, 7) is 0. The SMILES string of the molecule is Fc1ccc(Cl)c(NC2=NC3(CCCCC3)CS2)c1. The normalized spacial score (nSPS) is 21.5. The van der Waals surface area contributed by atoms with Crippen LogP contribution in [0.5, 0.6) is 0 Å². The van der Waals surface area contributed by atoms with Crippen LogP contribution in [0.3, 0.4) is 0 Å². The molecule has 0 unspecified atom stereocenters. The lowest BCUT2D eigenvalue weighted by Gasteiger charge is -2.29. The molecule has 1 heterocycles. The number of nitrogens with zero attached hydrogens (tertiary/aromatic N) is 1. The quantitative estimate of drug-likeness (QED) is 0.813. The Bertz CT molecular complexity index is 512. The summed E-state index contributed by atoms with van der Waals surface area (Å²) in [7, 11) is 0. The Balaban J connectivity index is 1.77. The summed E-state index contributed by atoms with van der Waals surface area (Å²) in [5, 5.41) is 4.55. The van der Waals surface area contributed by atoms with Crippen molar-refractivity contribution in [3.63, 3.8) is 0 Å². The van der Waals surface area contributed by atoms with E-state index in [1.807, 2.05) is 0 Å². The third kappa shape index (κ3) is 2.90. The van der Waals surface area contributed by atoms with Gasteiger partial charge in [-0.15, -0.1) is 0 Å². The summed E-state index contributed by atoms with van der Waals surface area (Å²) >= 11 is 7.77. The number of halogens is 2. The van der Waals surface area contributed by atoms with Gasteiger partial charge in [0, 0.05) is 5.75 Å². The van der Waals surface area contributed by atoms with Crippen LogP contribution in [-0.2, 0) is 0 Å². The van der Waals surface area contributed by atoms with Gasteiger partial charge in [0.1, 0.15) is 5.82 Å². The van der Waals surface area contributed by atoms with Gasteiger partial charge in [-0.05, 0) is 31.0 Å². The van der Waals surface area contributed by atoms with Gasteiger partial charge in [-0.25, -0.2) is 4.39 Å². The van der Waals surface area contributed by atoms with Crippen LogP contribution in [0.15, 0.2) is 23.2 Å². The lowest BCUT2D eigenvalue weighted by atomic mass is 9.84. The number of anilines is 1. The maximum absolute atomic E-state index is 13.2. The van der Waals surface area contributed by atoms with Gasteiger partial charge in [0.15, 0.2) is 5.17 Å². The molecule has 0 radical (unpaired) electrons. The highest BCUT2D eigenvalue weighted by Crippen LogP contribution is 2.40. The lowest BCUT2D eigenvalue weighted by molar-refractivity contribution is 0.335. The van der Waals surface area contributed by atoms with Crippen LogP contribution in [0.2, 0.25) is 5.02 Å². The fourth-order valence-corrected chi connectivity index (χ4v) is 4.08. The molecule has 3 rings (SSSR count). The molecule has 1 aromatic carbocycles. The molecular weight excluding hydrogens is 283 g/mol. The number of amidine groups is 1. The van der Waals surface area contributed by atoms with E-state index in [0.29, 0.717) is 10.7 Å². The summed E-state index contributed by atoms with van der Waals surface area (Å²) in [5.74, 6) is 0.741. The molecule has 2 nitrogen and oxygen atoms in total. The zero-order chi connectivity index (χ0) is 13.3. The number of aliphatic imine (C=N–C) groups is 1. The Morgan fingerprint density at radius 2 is 2.05 bits per heavy atom. The van der Waals surface area contributed by atoms with Crippen molar-refractivity contribution >= 4 is 34.2 Å². The second-order valence-corrected chi connectivity index (χ2v) is 6.61. The number of benzene rings is 1. The van der Waals surface area contributed by atoms with Crippen LogP contribution in [0.1, 0.15) is 32.1 Å². The van der Waals surface area contributed by atoms with Crippen molar-refractivity contribution < 1.29 is 4.39 Å². The molecule has 19 heavy (non-hydrogen) atoms. The Kier molecular flexibility index (Phi) is 3.72. The molecule has 1 fully saturated rings. The van der Waals surface area contributed by atoms with Crippen LogP contribution in [0.4, 0.5) is 10.1 Å². The van der Waals surface area contributed by atoms with Gasteiger partial charge in [-0.2, -0.15) is 0 Å². The molecule has 1 saturated carbocycles. The van der Waals surface area contributed by atoms with E-state index in [0.717, 1.165) is 10.9 Å². The highest BCUT2D eigenvalue weighted by Gasteiger charge is 2.36. The molecule has 0 amide bonds. The van der Waals surface area contributed by atoms with E-state index in [1.165, 1.54) is 44.2 Å². The van der Waals surface area contributed by atoms with Gasteiger partial charge in [0.2, 0.25) is 0 Å². The van der Waals surface area contributed by atoms with E-state index in [1.54, 1.807) is 17.8 Å². The molecule has 0 bridgehead atoms. The molecule has 1 N–H and O–H groups in total. The van der Waals surface area contributed by atoms with Gasteiger partial charge in [-0.1, -0.05) is 42.6 Å². The number of hydrogen-bond acceptors (Lipinski definition) is 3. The van der Waals surface area contributed by atoms with Crippen LogP contribution in [-0.4, -0.2) is 16.5 Å². The standard InChI is InChI=1S/C14H16ClFN2S/c15-11-5-4-10(16)8-12(11)17-13-18-14(9-19-13)6-2-1-3-7-14/h4-5,8H,1-3,6-7,9H2,(H,17,18). The molecule has 5 heteroatoms. The van der Waals surface area contributed by atoms with E-state index >= 15 is 0 Å². The number of hydrogen-bond donors (Lipinski definition) is 1. The number of rotatable bonds is 1. The van der Waals surface area contributed by atoms with Crippen LogP contribution in [0.25, 0.3) is 0 Å². The van der Waals surface area contributed by atoms with E-state index in [-0.39, 0.29) is 11.4 Å². The van der Waals surface area contributed by atoms with Crippen LogP contribution >= 0.6 is 23.4 Å². The Hall–Kier alpha value is -0.740. The first-order chi connectivity index (χ1) is 9.17. The minimum Gasteiger partial charge on any atom is -0.334 e. The first kappa shape index (κ1) is 13.3. The van der Waals surface area contributed by atoms with E-state index in [4.69, 9.17) is 16.6 Å². The van der Waals surface area contributed by atoms with Crippen LogP contribution < -0.4 is 5.32 Å². The zero-order valence-corrected chi connectivity index (χ0v) is 12.2.